The van der Waals surface area contributed by atoms with Crippen LogP contribution in [0.5, 0.6) is 0 Å². The van der Waals surface area contributed by atoms with Gasteiger partial charge in [0.15, 0.2) is 5.69 Å². The molecule has 2 atom stereocenters. The summed E-state index contributed by atoms with van der Waals surface area (Å²) in [4.78, 5) is 11.8. The van der Waals surface area contributed by atoms with Crippen LogP contribution >= 0.6 is 0 Å². The molecule has 0 amide bonds. The highest BCUT2D eigenvalue weighted by molar-refractivity contribution is 6.06. The first-order valence-corrected chi connectivity index (χ1v) is 8.92. The summed E-state index contributed by atoms with van der Waals surface area (Å²) in [5.41, 5.74) is 1.26. The molecule has 2 aromatic heterocycles. The van der Waals surface area contributed by atoms with Gasteiger partial charge in [-0.3, -0.25) is 15.0 Å². The molecule has 0 aliphatic rings. The smallest absolute Gasteiger partial charge is 0.207 e. The second-order valence-electron chi connectivity index (χ2n) is 6.28. The number of aliphatic hydroxyl groups excluding tert-OH is 2. The van der Waals surface area contributed by atoms with Gasteiger partial charge in [0.1, 0.15) is 11.4 Å². The number of carbonyl (C=O) groups is 1. The number of rotatable bonds is 12. The van der Waals surface area contributed by atoms with E-state index < -0.39 is 12.2 Å². The maximum Gasteiger partial charge on any atom is 0.207 e. The second kappa shape index (κ2) is 9.93. The van der Waals surface area contributed by atoms with E-state index in [0.717, 1.165) is 25.3 Å². The van der Waals surface area contributed by atoms with Crippen LogP contribution in [0.1, 0.15) is 61.6 Å². The number of ketones is 1. The van der Waals surface area contributed by atoms with Gasteiger partial charge in [0.05, 0.1) is 17.9 Å². The van der Waals surface area contributed by atoms with Crippen LogP contribution in [0.4, 0.5) is 0 Å². The van der Waals surface area contributed by atoms with E-state index >= 15 is 0 Å². The minimum Gasteiger partial charge on any atom is -0.390 e. The van der Waals surface area contributed by atoms with Gasteiger partial charge in [-0.2, -0.15) is 0 Å². The van der Waals surface area contributed by atoms with E-state index in [0.29, 0.717) is 23.5 Å². The molecule has 0 saturated heterocycles. The molecule has 2 aromatic rings. The molecule has 4 N–H and O–H groups in total. The van der Waals surface area contributed by atoms with Gasteiger partial charge < -0.3 is 10.2 Å². The van der Waals surface area contributed by atoms with E-state index in [4.69, 9.17) is 0 Å². The predicted octanol–water partition coefficient (Wildman–Crippen LogP) is 1.58. The molecule has 0 fully saturated rings. The quantitative estimate of drug-likeness (QED) is 0.255. The van der Waals surface area contributed by atoms with Crippen LogP contribution in [0.25, 0.3) is 11.4 Å². The monoisotopic (exact) mass is 362 g/mol. The molecule has 0 aliphatic heterocycles. The summed E-state index contributed by atoms with van der Waals surface area (Å²) in [6, 6.07) is 0. The van der Waals surface area contributed by atoms with Crippen molar-refractivity contribution in [2.45, 2.75) is 64.1 Å². The fraction of sp³-hybridized carbons (Fsp3) is 0.588. The van der Waals surface area contributed by atoms with Crippen LogP contribution in [0.3, 0.4) is 0 Å². The van der Waals surface area contributed by atoms with E-state index in [1.165, 1.54) is 12.8 Å². The molecule has 9 heteroatoms. The lowest BCUT2D eigenvalue weighted by Crippen LogP contribution is -2.28. The third-order valence-corrected chi connectivity index (χ3v) is 4.29. The predicted molar refractivity (Wildman–Crippen MR) is 95.4 cm³/mol. The number of carbonyl (C=O) groups excluding carboxylic acids is 1. The third kappa shape index (κ3) is 5.06. The Balaban J connectivity index is 1.99. The van der Waals surface area contributed by atoms with E-state index in [-0.39, 0.29) is 17.9 Å². The zero-order valence-electron chi connectivity index (χ0n) is 15.0. The Kier molecular flexibility index (Phi) is 7.61. The lowest BCUT2D eigenvalue weighted by molar-refractivity contribution is 0.0132. The number of aliphatic hydroxyl groups is 2. The third-order valence-electron chi connectivity index (χ3n) is 4.29. The van der Waals surface area contributed by atoms with Crippen LogP contribution in [-0.4, -0.2) is 59.0 Å². The summed E-state index contributed by atoms with van der Waals surface area (Å²) in [6.45, 7) is 5.58. The Labute approximate surface area is 151 Å². The zero-order valence-corrected chi connectivity index (χ0v) is 15.0. The minimum absolute atomic E-state index is 0.0956. The summed E-state index contributed by atoms with van der Waals surface area (Å²) in [5.74, 6) is -0.387. The van der Waals surface area contributed by atoms with Crippen molar-refractivity contribution >= 4 is 5.78 Å². The van der Waals surface area contributed by atoms with Gasteiger partial charge in [0.2, 0.25) is 5.78 Å². The fourth-order valence-electron chi connectivity index (χ4n) is 2.75. The molecular formula is C17H26N6O3. The molecule has 0 radical (unpaired) electrons. The summed E-state index contributed by atoms with van der Waals surface area (Å²) >= 11 is 0. The number of allylic oxidation sites excluding steroid dienone is 1. The first-order valence-electron chi connectivity index (χ1n) is 8.92. The fourth-order valence-corrected chi connectivity index (χ4v) is 2.75. The molecule has 0 unspecified atom stereocenters. The number of aromatic nitrogens is 6. The molecule has 2 rings (SSSR count). The van der Waals surface area contributed by atoms with Crippen LogP contribution in [-0.2, 0) is 6.42 Å². The number of hydrogen-bond donors (Lipinski definition) is 4. The average molecular weight is 362 g/mol. The molecular weight excluding hydrogens is 336 g/mol. The molecule has 26 heavy (non-hydrogen) atoms. The molecule has 9 nitrogen and oxygen atoms in total. The molecule has 142 valence electrons. The lowest BCUT2D eigenvalue weighted by Gasteiger charge is -2.17. The number of H-pyrrole nitrogens is 2. The molecule has 0 aliphatic carbocycles. The largest absolute Gasteiger partial charge is 0.390 e. The summed E-state index contributed by atoms with van der Waals surface area (Å²) in [5, 5.41) is 40.8. The van der Waals surface area contributed by atoms with Gasteiger partial charge in [-0.15, -0.1) is 10.2 Å². The van der Waals surface area contributed by atoms with Crippen molar-refractivity contribution in [3.05, 3.63) is 24.0 Å². The lowest BCUT2D eigenvalue weighted by atomic mass is 10.00. The Hall–Kier alpha value is -2.39. The van der Waals surface area contributed by atoms with Gasteiger partial charge in [-0.05, 0) is 12.5 Å². The van der Waals surface area contributed by atoms with Crippen molar-refractivity contribution in [1.82, 2.24) is 30.8 Å². The van der Waals surface area contributed by atoms with E-state index in [2.05, 4.69) is 44.3 Å². The number of nitrogens with one attached hydrogen (secondary N) is 2. The Morgan fingerprint density at radius 3 is 2.50 bits per heavy atom. The van der Waals surface area contributed by atoms with Crippen molar-refractivity contribution in [2.24, 2.45) is 0 Å². The maximum atomic E-state index is 11.8. The molecule has 0 bridgehead atoms. The highest BCUT2D eigenvalue weighted by atomic mass is 16.3. The molecule has 0 spiro atoms. The first-order chi connectivity index (χ1) is 12.6. The van der Waals surface area contributed by atoms with E-state index in [1.54, 1.807) is 0 Å². The van der Waals surface area contributed by atoms with Crippen LogP contribution < -0.4 is 0 Å². The van der Waals surface area contributed by atoms with Crippen molar-refractivity contribution in [1.29, 1.82) is 0 Å². The van der Waals surface area contributed by atoms with Crippen molar-refractivity contribution < 1.29 is 15.0 Å². The number of aromatic amines is 2. The first kappa shape index (κ1) is 19.9. The normalized spacial score (nSPS) is 13.5. The van der Waals surface area contributed by atoms with Crippen LogP contribution in [0.15, 0.2) is 12.7 Å². The highest BCUT2D eigenvalue weighted by Crippen LogP contribution is 2.22. The minimum atomic E-state index is -0.973. The zero-order chi connectivity index (χ0) is 18.9. The molecule has 0 aromatic carbocycles. The van der Waals surface area contributed by atoms with Gasteiger partial charge in [0, 0.05) is 6.42 Å². The Bertz CT molecular complexity index is 711. The van der Waals surface area contributed by atoms with Gasteiger partial charge in [0.25, 0.3) is 0 Å². The van der Waals surface area contributed by atoms with Gasteiger partial charge in [-0.1, -0.05) is 56.0 Å². The number of unbranched alkanes of at least 4 members (excludes halogenated alkanes) is 4. The summed E-state index contributed by atoms with van der Waals surface area (Å²) in [6.07, 6.45) is 5.36. The topological polar surface area (TPSA) is 141 Å². The summed E-state index contributed by atoms with van der Waals surface area (Å²) < 4.78 is 0. The second-order valence-corrected chi connectivity index (χ2v) is 6.28. The van der Waals surface area contributed by atoms with Crippen molar-refractivity contribution in [3.8, 4) is 11.4 Å². The van der Waals surface area contributed by atoms with Gasteiger partial charge >= 0.3 is 0 Å². The van der Waals surface area contributed by atoms with Crippen LogP contribution in [0.2, 0.25) is 0 Å². The Morgan fingerprint density at radius 2 is 1.77 bits per heavy atom. The standard InChI is InChI=1S/C17H26N6O3/c1-3-5-6-7-8-9-13(25)14(26)10-11-15(19-22-18-11)17-16(12(24)4-2)20-23-21-17/h4,13-14,25-26H,2-3,5-10H2,1H3,(H,18,19,22)(H,20,21,23)/t13-,14-/m1/s1. The van der Waals surface area contributed by atoms with Crippen LogP contribution in [0, 0.1) is 0 Å². The summed E-state index contributed by atoms with van der Waals surface area (Å²) in [7, 11) is 0. The van der Waals surface area contributed by atoms with Gasteiger partial charge in [-0.25, -0.2) is 0 Å². The SMILES string of the molecule is C=CC(=O)c1nn[nH]c1-c1[nH]nnc1C[C@@H](O)[C@H](O)CCCCCCC. The van der Waals surface area contributed by atoms with E-state index in [9.17, 15) is 15.0 Å². The van der Waals surface area contributed by atoms with Crippen molar-refractivity contribution in [3.63, 3.8) is 0 Å². The Morgan fingerprint density at radius 1 is 1.08 bits per heavy atom. The number of hydrogen-bond acceptors (Lipinski definition) is 7. The number of nitrogens with zero attached hydrogens (tertiary/aromatic N) is 4. The van der Waals surface area contributed by atoms with Crippen molar-refractivity contribution in [2.75, 3.05) is 0 Å². The highest BCUT2D eigenvalue weighted by Gasteiger charge is 2.24. The molecule has 2 heterocycles. The molecule has 0 saturated carbocycles. The average Bonchev–Trinajstić information content (AvgIpc) is 3.29. The maximum absolute atomic E-state index is 11.8. The van der Waals surface area contributed by atoms with E-state index in [1.807, 2.05) is 0 Å².